The Balaban J connectivity index is 1.38. The van der Waals surface area contributed by atoms with E-state index in [9.17, 15) is 14.4 Å². The van der Waals surface area contributed by atoms with Crippen molar-refractivity contribution >= 4 is 23.6 Å². The number of aromatic nitrogens is 1. The summed E-state index contributed by atoms with van der Waals surface area (Å²) >= 11 is 0. The van der Waals surface area contributed by atoms with E-state index in [1.165, 1.54) is 11.2 Å². The van der Waals surface area contributed by atoms with E-state index in [1.807, 2.05) is 43.3 Å². The Morgan fingerprint density at radius 2 is 1.76 bits per heavy atom. The first-order valence-corrected chi connectivity index (χ1v) is 12.1. The molecule has 4 aromatic rings. The van der Waals surface area contributed by atoms with Gasteiger partial charge in [0.15, 0.2) is 17.9 Å². The predicted molar refractivity (Wildman–Crippen MR) is 139 cm³/mol. The number of benzene rings is 2. The summed E-state index contributed by atoms with van der Waals surface area (Å²) in [4.78, 5) is 44.5. The zero-order valence-corrected chi connectivity index (χ0v) is 20.7. The monoisotopic (exact) mass is 510 g/mol. The molecule has 0 bridgehead atoms. The fourth-order valence-electron chi connectivity index (χ4n) is 4.32. The molecule has 1 aliphatic heterocycles. The van der Waals surface area contributed by atoms with Crippen LogP contribution in [0.4, 0.5) is 10.5 Å². The lowest BCUT2D eigenvalue weighted by Crippen LogP contribution is -2.46. The second kappa shape index (κ2) is 11.0. The third-order valence-corrected chi connectivity index (χ3v) is 6.37. The molecule has 2 aromatic heterocycles. The molecule has 5 rings (SSSR count). The number of cyclic esters (lactones) is 1. The van der Waals surface area contributed by atoms with Crippen molar-refractivity contribution in [2.24, 2.45) is 0 Å². The largest absolute Gasteiger partial charge is 0.459 e. The number of amides is 3. The normalized spacial score (nSPS) is 16.7. The van der Waals surface area contributed by atoms with Crippen LogP contribution >= 0.6 is 0 Å². The van der Waals surface area contributed by atoms with E-state index in [0.717, 1.165) is 11.1 Å². The molecule has 1 saturated heterocycles. The average Bonchev–Trinajstić information content (AvgIpc) is 3.59. The Morgan fingerprint density at radius 3 is 2.47 bits per heavy atom. The minimum atomic E-state index is -0.908. The van der Waals surface area contributed by atoms with Gasteiger partial charge in [0.05, 0.1) is 25.0 Å². The van der Waals surface area contributed by atoms with Crippen LogP contribution in [0, 0.1) is 6.92 Å². The van der Waals surface area contributed by atoms with Gasteiger partial charge in [-0.2, -0.15) is 0 Å². The Bertz CT molecular complexity index is 1420. The number of nitrogens with zero attached hydrogens (tertiary/aromatic N) is 2. The van der Waals surface area contributed by atoms with Crippen LogP contribution < -0.4 is 10.6 Å². The molecule has 2 aromatic carbocycles. The average molecular weight is 511 g/mol. The number of hydrogen-bond acceptors (Lipinski definition) is 6. The van der Waals surface area contributed by atoms with Gasteiger partial charge >= 0.3 is 6.09 Å². The van der Waals surface area contributed by atoms with Crippen molar-refractivity contribution in [2.45, 2.75) is 32.2 Å². The smallest absolute Gasteiger partial charge is 0.411 e. The number of pyridine rings is 1. The quantitative estimate of drug-likeness (QED) is 0.358. The molecule has 192 valence electrons. The SMILES string of the molecule is Cc1ccccc1CN1C(=O)O[C@H](c2ccc(NC(=O)c3ccco3)cc2)[C@H]1C(=O)NCc1ccccn1. The summed E-state index contributed by atoms with van der Waals surface area (Å²) < 4.78 is 10.9. The van der Waals surface area contributed by atoms with Crippen molar-refractivity contribution < 1.29 is 23.5 Å². The van der Waals surface area contributed by atoms with Gasteiger partial charge in [0.25, 0.3) is 5.91 Å². The van der Waals surface area contributed by atoms with Crippen molar-refractivity contribution in [3.8, 4) is 0 Å². The summed E-state index contributed by atoms with van der Waals surface area (Å²) in [6.07, 6.45) is 1.66. The van der Waals surface area contributed by atoms with Crippen LogP contribution in [0.5, 0.6) is 0 Å². The molecule has 9 heteroatoms. The number of aryl methyl sites for hydroxylation is 1. The zero-order valence-electron chi connectivity index (χ0n) is 20.7. The fourth-order valence-corrected chi connectivity index (χ4v) is 4.32. The number of carbonyl (C=O) groups excluding carboxylic acids is 3. The molecule has 0 radical (unpaired) electrons. The molecule has 0 aliphatic carbocycles. The summed E-state index contributed by atoms with van der Waals surface area (Å²) in [5.74, 6) is -0.545. The number of nitrogens with one attached hydrogen (secondary N) is 2. The number of furan rings is 1. The lowest BCUT2D eigenvalue weighted by atomic mass is 9.99. The standard InChI is InChI=1S/C29H26N4O5/c1-19-7-2-3-8-21(19)18-33-25(28(35)31-17-23-9-4-5-15-30-23)26(38-29(33)36)20-11-13-22(14-12-20)32-27(34)24-10-6-16-37-24/h2-16,25-26H,17-18H2,1H3,(H,31,35)(H,32,34)/t25-,26+/m0/s1. The summed E-state index contributed by atoms with van der Waals surface area (Å²) in [5, 5.41) is 5.66. The van der Waals surface area contributed by atoms with Crippen LogP contribution in [0.1, 0.15) is 39.0 Å². The topological polar surface area (TPSA) is 114 Å². The van der Waals surface area contributed by atoms with Gasteiger partial charge in [-0.15, -0.1) is 0 Å². The van der Waals surface area contributed by atoms with Gasteiger partial charge in [-0.1, -0.05) is 42.5 Å². The molecule has 0 spiro atoms. The van der Waals surface area contributed by atoms with Crippen LogP contribution in [-0.4, -0.2) is 33.8 Å². The third-order valence-electron chi connectivity index (χ3n) is 6.37. The highest BCUT2D eigenvalue weighted by atomic mass is 16.6. The lowest BCUT2D eigenvalue weighted by molar-refractivity contribution is -0.126. The van der Waals surface area contributed by atoms with Crippen LogP contribution in [0.25, 0.3) is 0 Å². The predicted octanol–water partition coefficient (Wildman–Crippen LogP) is 4.61. The molecular weight excluding hydrogens is 484 g/mol. The number of carbonyl (C=O) groups is 3. The van der Waals surface area contributed by atoms with E-state index in [0.29, 0.717) is 16.9 Å². The van der Waals surface area contributed by atoms with E-state index < -0.39 is 18.2 Å². The van der Waals surface area contributed by atoms with Crippen molar-refractivity contribution in [3.05, 3.63) is 119 Å². The van der Waals surface area contributed by atoms with Crippen molar-refractivity contribution in [1.29, 1.82) is 0 Å². The maximum Gasteiger partial charge on any atom is 0.411 e. The van der Waals surface area contributed by atoms with E-state index >= 15 is 0 Å². The molecule has 3 heterocycles. The van der Waals surface area contributed by atoms with Gasteiger partial charge in [0, 0.05) is 11.9 Å². The molecule has 38 heavy (non-hydrogen) atoms. The highest BCUT2D eigenvalue weighted by molar-refractivity contribution is 6.02. The van der Waals surface area contributed by atoms with Gasteiger partial charge in [0.2, 0.25) is 5.91 Å². The van der Waals surface area contributed by atoms with Gasteiger partial charge in [-0.25, -0.2) is 4.79 Å². The van der Waals surface area contributed by atoms with Crippen LogP contribution in [0.15, 0.2) is 95.7 Å². The molecule has 1 aliphatic rings. The molecule has 2 atom stereocenters. The molecule has 3 amide bonds. The van der Waals surface area contributed by atoms with Crippen molar-refractivity contribution in [3.63, 3.8) is 0 Å². The fraction of sp³-hybridized carbons (Fsp3) is 0.172. The minimum absolute atomic E-state index is 0.190. The van der Waals surface area contributed by atoms with Crippen LogP contribution in [0.3, 0.4) is 0 Å². The molecular formula is C29H26N4O5. The Morgan fingerprint density at radius 1 is 0.974 bits per heavy atom. The van der Waals surface area contributed by atoms with E-state index in [1.54, 1.807) is 48.7 Å². The summed E-state index contributed by atoms with van der Waals surface area (Å²) in [6.45, 7) is 2.40. The Labute approximate surface area is 219 Å². The van der Waals surface area contributed by atoms with Gasteiger partial charge in [0.1, 0.15) is 0 Å². The summed E-state index contributed by atoms with van der Waals surface area (Å²) in [5.41, 5.74) is 3.79. The van der Waals surface area contributed by atoms with Gasteiger partial charge in [-0.05, 0) is 60.0 Å². The first kappa shape index (κ1) is 24.8. The highest BCUT2D eigenvalue weighted by Crippen LogP contribution is 2.35. The van der Waals surface area contributed by atoms with Crippen molar-refractivity contribution in [2.75, 3.05) is 5.32 Å². The molecule has 2 N–H and O–H groups in total. The molecule has 9 nitrogen and oxygen atoms in total. The second-order valence-corrected chi connectivity index (χ2v) is 8.90. The van der Waals surface area contributed by atoms with E-state index in [2.05, 4.69) is 15.6 Å². The number of ether oxygens (including phenoxy) is 1. The first-order valence-electron chi connectivity index (χ1n) is 12.1. The summed E-state index contributed by atoms with van der Waals surface area (Å²) in [6, 6.07) is 22.3. The van der Waals surface area contributed by atoms with Crippen LogP contribution in [-0.2, 0) is 22.6 Å². The molecule has 0 unspecified atom stereocenters. The number of anilines is 1. The molecule has 0 saturated carbocycles. The maximum atomic E-state index is 13.5. The second-order valence-electron chi connectivity index (χ2n) is 8.90. The number of hydrogen-bond donors (Lipinski definition) is 2. The van der Waals surface area contributed by atoms with Crippen molar-refractivity contribution in [1.82, 2.24) is 15.2 Å². The van der Waals surface area contributed by atoms with E-state index in [-0.39, 0.29) is 30.7 Å². The van der Waals surface area contributed by atoms with Gasteiger partial charge in [-0.3, -0.25) is 19.5 Å². The Kier molecular flexibility index (Phi) is 7.17. The third kappa shape index (κ3) is 5.41. The highest BCUT2D eigenvalue weighted by Gasteiger charge is 2.47. The summed E-state index contributed by atoms with van der Waals surface area (Å²) in [7, 11) is 0. The van der Waals surface area contributed by atoms with E-state index in [4.69, 9.17) is 9.15 Å². The zero-order chi connectivity index (χ0) is 26.5. The first-order chi connectivity index (χ1) is 18.5. The Hall–Kier alpha value is -4.92. The lowest BCUT2D eigenvalue weighted by Gasteiger charge is -2.24. The van der Waals surface area contributed by atoms with Gasteiger partial charge < -0.3 is 19.8 Å². The maximum absolute atomic E-state index is 13.5. The van der Waals surface area contributed by atoms with Crippen LogP contribution in [0.2, 0.25) is 0 Å². The minimum Gasteiger partial charge on any atom is -0.459 e. The molecule has 1 fully saturated rings. The number of rotatable bonds is 8.